The SMILES string of the molecule is CC1CCC(NC(=O)c2cc3cc(F)ccc3s2)CC1. The molecule has 1 heterocycles. The lowest BCUT2D eigenvalue weighted by Crippen LogP contribution is -2.36. The van der Waals surface area contributed by atoms with Crippen molar-refractivity contribution in [3.63, 3.8) is 0 Å². The highest BCUT2D eigenvalue weighted by Gasteiger charge is 2.21. The van der Waals surface area contributed by atoms with Crippen molar-refractivity contribution in [1.82, 2.24) is 5.32 Å². The van der Waals surface area contributed by atoms with E-state index < -0.39 is 0 Å². The summed E-state index contributed by atoms with van der Waals surface area (Å²) in [7, 11) is 0. The van der Waals surface area contributed by atoms with E-state index in [1.165, 1.54) is 36.3 Å². The van der Waals surface area contributed by atoms with E-state index in [0.29, 0.717) is 10.9 Å². The van der Waals surface area contributed by atoms with Gasteiger partial charge in [0.25, 0.3) is 5.91 Å². The van der Waals surface area contributed by atoms with E-state index in [0.717, 1.165) is 28.8 Å². The first kappa shape index (κ1) is 13.6. The summed E-state index contributed by atoms with van der Waals surface area (Å²) in [5, 5.41) is 3.91. The molecular formula is C16H18FNOS. The van der Waals surface area contributed by atoms with Gasteiger partial charge in [-0.25, -0.2) is 4.39 Å². The number of fused-ring (bicyclic) bond motifs is 1. The molecule has 1 amide bonds. The molecule has 2 nitrogen and oxygen atoms in total. The zero-order valence-corrected chi connectivity index (χ0v) is 12.3. The summed E-state index contributed by atoms with van der Waals surface area (Å²) in [5.41, 5.74) is 0. The molecule has 20 heavy (non-hydrogen) atoms. The Kier molecular flexibility index (Phi) is 3.74. The van der Waals surface area contributed by atoms with Gasteiger partial charge in [0.2, 0.25) is 0 Å². The Morgan fingerprint density at radius 3 is 2.75 bits per heavy atom. The summed E-state index contributed by atoms with van der Waals surface area (Å²) in [6.45, 7) is 2.26. The second-order valence-corrected chi connectivity index (χ2v) is 6.81. The maximum absolute atomic E-state index is 13.2. The molecule has 4 heteroatoms. The molecule has 1 aliphatic rings. The van der Waals surface area contributed by atoms with E-state index in [-0.39, 0.29) is 11.7 Å². The molecule has 0 spiro atoms. The lowest BCUT2D eigenvalue weighted by atomic mass is 9.87. The Balaban J connectivity index is 1.72. The predicted molar refractivity (Wildman–Crippen MR) is 80.7 cm³/mol. The number of amides is 1. The second-order valence-electron chi connectivity index (χ2n) is 5.72. The van der Waals surface area contributed by atoms with Crippen LogP contribution in [0.4, 0.5) is 4.39 Å². The molecule has 1 fully saturated rings. The molecule has 1 aromatic carbocycles. The lowest BCUT2D eigenvalue weighted by Gasteiger charge is -2.26. The average Bonchev–Trinajstić information content (AvgIpc) is 2.84. The summed E-state index contributed by atoms with van der Waals surface area (Å²) < 4.78 is 14.1. The molecule has 0 radical (unpaired) electrons. The van der Waals surface area contributed by atoms with Gasteiger partial charge in [-0.3, -0.25) is 4.79 Å². The summed E-state index contributed by atoms with van der Waals surface area (Å²) >= 11 is 1.42. The normalized spacial score (nSPS) is 22.9. The number of nitrogens with one attached hydrogen (secondary N) is 1. The van der Waals surface area contributed by atoms with E-state index >= 15 is 0 Å². The number of halogens is 1. The molecule has 0 aliphatic heterocycles. The minimum Gasteiger partial charge on any atom is -0.349 e. The Hall–Kier alpha value is -1.42. The maximum Gasteiger partial charge on any atom is 0.261 e. The zero-order valence-electron chi connectivity index (χ0n) is 11.5. The third kappa shape index (κ3) is 2.85. The van der Waals surface area contributed by atoms with Gasteiger partial charge in [0.1, 0.15) is 5.82 Å². The molecule has 1 saturated carbocycles. The van der Waals surface area contributed by atoms with Crippen LogP contribution in [0.1, 0.15) is 42.3 Å². The van der Waals surface area contributed by atoms with Crippen molar-refractivity contribution in [2.24, 2.45) is 5.92 Å². The molecular weight excluding hydrogens is 273 g/mol. The van der Waals surface area contributed by atoms with Gasteiger partial charge in [-0.2, -0.15) is 0 Å². The van der Waals surface area contributed by atoms with Gasteiger partial charge < -0.3 is 5.32 Å². The van der Waals surface area contributed by atoms with Gasteiger partial charge in [-0.15, -0.1) is 11.3 Å². The first-order valence-corrected chi connectivity index (χ1v) is 7.93. The highest BCUT2D eigenvalue weighted by molar-refractivity contribution is 7.20. The van der Waals surface area contributed by atoms with Gasteiger partial charge >= 0.3 is 0 Å². The van der Waals surface area contributed by atoms with Crippen molar-refractivity contribution >= 4 is 27.3 Å². The number of benzene rings is 1. The first-order valence-electron chi connectivity index (χ1n) is 7.12. The monoisotopic (exact) mass is 291 g/mol. The fourth-order valence-electron chi connectivity index (χ4n) is 2.79. The molecule has 2 aromatic rings. The van der Waals surface area contributed by atoms with Crippen LogP contribution in [0.5, 0.6) is 0 Å². The maximum atomic E-state index is 13.2. The summed E-state index contributed by atoms with van der Waals surface area (Å²) in [5.74, 6) is 0.491. The van der Waals surface area contributed by atoms with Gasteiger partial charge in [0, 0.05) is 10.7 Å². The molecule has 1 aliphatic carbocycles. The standard InChI is InChI=1S/C16H18FNOS/c1-10-2-5-13(6-3-10)18-16(19)15-9-11-8-12(17)4-7-14(11)20-15/h4,7-10,13H,2-3,5-6H2,1H3,(H,18,19). The predicted octanol–water partition coefficient (Wildman–Crippen LogP) is 4.35. The van der Waals surface area contributed by atoms with Crippen LogP contribution < -0.4 is 5.32 Å². The van der Waals surface area contributed by atoms with Crippen LogP contribution >= 0.6 is 11.3 Å². The number of carbonyl (C=O) groups excluding carboxylic acids is 1. The lowest BCUT2D eigenvalue weighted by molar-refractivity contribution is 0.0927. The molecule has 3 rings (SSSR count). The number of hydrogen-bond donors (Lipinski definition) is 1. The zero-order chi connectivity index (χ0) is 14.1. The van der Waals surface area contributed by atoms with E-state index in [2.05, 4.69) is 12.2 Å². The largest absolute Gasteiger partial charge is 0.349 e. The van der Waals surface area contributed by atoms with Crippen molar-refractivity contribution in [3.05, 3.63) is 35.0 Å². The van der Waals surface area contributed by atoms with Crippen LogP contribution in [0.15, 0.2) is 24.3 Å². The topological polar surface area (TPSA) is 29.1 Å². The van der Waals surface area contributed by atoms with E-state index in [1.54, 1.807) is 12.1 Å². The Morgan fingerprint density at radius 2 is 2.00 bits per heavy atom. The Bertz CT molecular complexity index is 628. The van der Waals surface area contributed by atoms with Crippen molar-refractivity contribution in [3.8, 4) is 0 Å². The van der Waals surface area contributed by atoms with Crippen LogP contribution in [-0.2, 0) is 0 Å². The van der Waals surface area contributed by atoms with Crippen LogP contribution in [0, 0.1) is 11.7 Å². The van der Waals surface area contributed by atoms with Crippen LogP contribution in [0.3, 0.4) is 0 Å². The fraction of sp³-hybridized carbons (Fsp3) is 0.438. The first-order chi connectivity index (χ1) is 9.61. The van der Waals surface area contributed by atoms with Crippen molar-refractivity contribution in [2.75, 3.05) is 0 Å². The molecule has 1 N–H and O–H groups in total. The van der Waals surface area contributed by atoms with Crippen LogP contribution in [-0.4, -0.2) is 11.9 Å². The third-order valence-electron chi connectivity index (χ3n) is 4.05. The van der Waals surface area contributed by atoms with Gasteiger partial charge in [-0.1, -0.05) is 6.92 Å². The number of thiophene rings is 1. The molecule has 1 aromatic heterocycles. The van der Waals surface area contributed by atoms with E-state index in [9.17, 15) is 9.18 Å². The second kappa shape index (κ2) is 5.52. The van der Waals surface area contributed by atoms with Crippen LogP contribution in [0.25, 0.3) is 10.1 Å². The molecule has 0 atom stereocenters. The average molecular weight is 291 g/mol. The quantitative estimate of drug-likeness (QED) is 0.875. The summed E-state index contributed by atoms with van der Waals surface area (Å²) in [4.78, 5) is 12.9. The van der Waals surface area contributed by atoms with Crippen LogP contribution in [0.2, 0.25) is 0 Å². The third-order valence-corrected chi connectivity index (χ3v) is 5.17. The highest BCUT2D eigenvalue weighted by atomic mass is 32.1. The van der Waals surface area contributed by atoms with Crippen molar-refractivity contribution in [2.45, 2.75) is 38.6 Å². The fourth-order valence-corrected chi connectivity index (χ4v) is 3.73. The highest BCUT2D eigenvalue weighted by Crippen LogP contribution is 2.27. The summed E-state index contributed by atoms with van der Waals surface area (Å²) in [6, 6.07) is 6.72. The van der Waals surface area contributed by atoms with E-state index in [1.807, 2.05) is 0 Å². The van der Waals surface area contributed by atoms with Gasteiger partial charge in [-0.05, 0) is 61.3 Å². The number of carbonyl (C=O) groups is 1. The molecule has 0 bridgehead atoms. The Morgan fingerprint density at radius 1 is 1.25 bits per heavy atom. The number of rotatable bonds is 2. The summed E-state index contributed by atoms with van der Waals surface area (Å²) in [6.07, 6.45) is 4.49. The van der Waals surface area contributed by atoms with Gasteiger partial charge in [0.15, 0.2) is 0 Å². The van der Waals surface area contributed by atoms with Crippen molar-refractivity contribution in [1.29, 1.82) is 0 Å². The Labute approximate surface area is 122 Å². The number of hydrogen-bond acceptors (Lipinski definition) is 2. The molecule has 0 unspecified atom stereocenters. The van der Waals surface area contributed by atoms with Gasteiger partial charge in [0.05, 0.1) is 4.88 Å². The molecule has 0 saturated heterocycles. The minimum atomic E-state index is -0.261. The van der Waals surface area contributed by atoms with Crippen molar-refractivity contribution < 1.29 is 9.18 Å². The van der Waals surface area contributed by atoms with E-state index in [4.69, 9.17) is 0 Å². The smallest absolute Gasteiger partial charge is 0.261 e. The molecule has 106 valence electrons. The minimum absolute atomic E-state index is 0.0221.